The van der Waals surface area contributed by atoms with Crippen molar-refractivity contribution in [2.75, 3.05) is 6.61 Å². The number of hydrogen-bond donors (Lipinski definition) is 0. The molecule has 5 nitrogen and oxygen atoms in total. The van der Waals surface area contributed by atoms with Crippen LogP contribution in [-0.4, -0.2) is 18.5 Å². The third-order valence-electron chi connectivity index (χ3n) is 5.03. The Kier molecular flexibility index (Phi) is 6.75. The minimum Gasteiger partial charge on any atom is -0.490 e. The van der Waals surface area contributed by atoms with E-state index in [4.69, 9.17) is 14.2 Å². The minimum absolute atomic E-state index is 0.319. The summed E-state index contributed by atoms with van der Waals surface area (Å²) in [7, 11) is 0. The van der Waals surface area contributed by atoms with Crippen molar-refractivity contribution < 1.29 is 23.8 Å². The highest BCUT2D eigenvalue weighted by molar-refractivity contribution is 5.92. The predicted molar refractivity (Wildman–Crippen MR) is 119 cm³/mol. The van der Waals surface area contributed by atoms with Crippen LogP contribution >= 0.6 is 0 Å². The highest BCUT2D eigenvalue weighted by Gasteiger charge is 2.21. The van der Waals surface area contributed by atoms with Gasteiger partial charge in [-0.3, -0.25) is 0 Å². The van der Waals surface area contributed by atoms with Crippen LogP contribution < -0.4 is 14.2 Å². The van der Waals surface area contributed by atoms with Crippen molar-refractivity contribution in [3.05, 3.63) is 88.0 Å². The van der Waals surface area contributed by atoms with Crippen LogP contribution in [0.15, 0.2) is 54.6 Å². The van der Waals surface area contributed by atoms with Crippen molar-refractivity contribution >= 4 is 11.9 Å². The molecule has 0 N–H and O–H groups in total. The molecule has 31 heavy (non-hydrogen) atoms. The van der Waals surface area contributed by atoms with Crippen molar-refractivity contribution in [2.24, 2.45) is 0 Å². The van der Waals surface area contributed by atoms with E-state index in [-0.39, 0.29) is 0 Å². The molecular formula is C26H26O5. The summed E-state index contributed by atoms with van der Waals surface area (Å²) in [6.45, 7) is 9.71. The third kappa shape index (κ3) is 5.12. The summed E-state index contributed by atoms with van der Waals surface area (Å²) in [5.41, 5.74) is 4.37. The van der Waals surface area contributed by atoms with Crippen LogP contribution in [0.1, 0.15) is 49.9 Å². The fourth-order valence-corrected chi connectivity index (χ4v) is 3.02. The molecular weight excluding hydrogens is 392 g/mol. The zero-order valence-corrected chi connectivity index (χ0v) is 18.4. The van der Waals surface area contributed by atoms with Crippen LogP contribution in [0.4, 0.5) is 0 Å². The number of benzene rings is 3. The monoisotopic (exact) mass is 418 g/mol. The molecule has 3 aromatic carbocycles. The third-order valence-corrected chi connectivity index (χ3v) is 5.03. The van der Waals surface area contributed by atoms with E-state index in [1.807, 2.05) is 52.0 Å². The average Bonchev–Trinajstić information content (AvgIpc) is 2.75. The van der Waals surface area contributed by atoms with Gasteiger partial charge in [0.25, 0.3) is 0 Å². The Morgan fingerprint density at radius 3 is 1.65 bits per heavy atom. The Balaban J connectivity index is 1.91. The van der Waals surface area contributed by atoms with Gasteiger partial charge in [-0.2, -0.15) is 0 Å². The van der Waals surface area contributed by atoms with Crippen molar-refractivity contribution in [3.8, 4) is 17.2 Å². The van der Waals surface area contributed by atoms with E-state index in [0.29, 0.717) is 46.1 Å². The smallest absolute Gasteiger partial charge is 0.343 e. The van der Waals surface area contributed by atoms with Crippen molar-refractivity contribution in [3.63, 3.8) is 0 Å². The summed E-state index contributed by atoms with van der Waals surface area (Å²) in [6, 6.07) is 15.9. The Hall–Kier alpha value is -3.60. The lowest BCUT2D eigenvalue weighted by Gasteiger charge is -2.18. The second-order valence-electron chi connectivity index (χ2n) is 7.40. The molecule has 0 aromatic heterocycles. The largest absolute Gasteiger partial charge is 0.490 e. The number of carbonyl (C=O) groups is 2. The molecule has 0 heterocycles. The normalized spacial score (nSPS) is 10.5. The minimum atomic E-state index is -0.479. The second-order valence-corrected chi connectivity index (χ2v) is 7.40. The maximum Gasteiger partial charge on any atom is 0.343 e. The standard InChI is InChI=1S/C26H26O5/c1-6-29-23-15-22(30-25(27)20-11-7-16(2)8-12-20)18(4)19(5)24(23)31-26(28)21-13-9-17(3)10-14-21/h7-15H,6H2,1-5H3. The maximum absolute atomic E-state index is 12.7. The fraction of sp³-hybridized carbons (Fsp3) is 0.231. The Morgan fingerprint density at radius 2 is 1.16 bits per heavy atom. The van der Waals surface area contributed by atoms with Gasteiger partial charge >= 0.3 is 11.9 Å². The molecule has 0 spiro atoms. The van der Waals surface area contributed by atoms with E-state index in [9.17, 15) is 9.59 Å². The van der Waals surface area contributed by atoms with Crippen LogP contribution in [0.2, 0.25) is 0 Å². The molecule has 0 aliphatic carbocycles. The van der Waals surface area contributed by atoms with Crippen LogP contribution in [0.3, 0.4) is 0 Å². The first-order chi connectivity index (χ1) is 14.8. The van der Waals surface area contributed by atoms with Gasteiger partial charge in [-0.1, -0.05) is 35.4 Å². The molecule has 0 bridgehead atoms. The predicted octanol–water partition coefficient (Wildman–Crippen LogP) is 5.76. The van der Waals surface area contributed by atoms with Crippen LogP contribution in [0.5, 0.6) is 17.2 Å². The molecule has 3 aromatic rings. The Labute approximate surface area is 182 Å². The van der Waals surface area contributed by atoms with Gasteiger partial charge in [0.2, 0.25) is 0 Å². The molecule has 0 fully saturated rings. The summed E-state index contributed by atoms with van der Waals surface area (Å²) in [4.78, 5) is 25.2. The lowest BCUT2D eigenvalue weighted by atomic mass is 10.1. The first-order valence-electron chi connectivity index (χ1n) is 10.1. The van der Waals surface area contributed by atoms with Crippen molar-refractivity contribution in [1.29, 1.82) is 0 Å². The molecule has 160 valence electrons. The first kappa shape index (κ1) is 22.1. The molecule has 0 aliphatic rings. The van der Waals surface area contributed by atoms with Gasteiger partial charge in [0.15, 0.2) is 11.5 Å². The maximum atomic E-state index is 12.7. The number of rotatable bonds is 6. The summed E-state index contributed by atoms with van der Waals surface area (Å²) < 4.78 is 17.0. The molecule has 0 saturated heterocycles. The highest BCUT2D eigenvalue weighted by atomic mass is 16.6. The van der Waals surface area contributed by atoms with Crippen molar-refractivity contribution in [1.82, 2.24) is 0 Å². The molecule has 0 radical (unpaired) electrons. The Morgan fingerprint density at radius 1 is 0.677 bits per heavy atom. The molecule has 0 aliphatic heterocycles. The van der Waals surface area contributed by atoms with Crippen LogP contribution in [0.25, 0.3) is 0 Å². The first-order valence-corrected chi connectivity index (χ1v) is 10.1. The van der Waals surface area contributed by atoms with E-state index in [1.54, 1.807) is 37.3 Å². The van der Waals surface area contributed by atoms with Crippen LogP contribution in [0, 0.1) is 27.7 Å². The van der Waals surface area contributed by atoms with E-state index < -0.39 is 11.9 Å². The summed E-state index contributed by atoms with van der Waals surface area (Å²) in [5.74, 6) is 0.0849. The van der Waals surface area contributed by atoms with Gasteiger partial charge in [-0.05, 0) is 64.4 Å². The Bertz CT molecular complexity index is 1100. The molecule has 3 rings (SSSR count). The topological polar surface area (TPSA) is 61.8 Å². The van der Waals surface area contributed by atoms with Gasteiger partial charge in [-0.15, -0.1) is 0 Å². The average molecular weight is 418 g/mol. The van der Waals surface area contributed by atoms with E-state index in [1.165, 1.54) is 0 Å². The zero-order chi connectivity index (χ0) is 22.5. The number of aryl methyl sites for hydroxylation is 2. The number of ether oxygens (including phenoxy) is 3. The highest BCUT2D eigenvalue weighted by Crippen LogP contribution is 2.39. The molecule has 0 atom stereocenters. The molecule has 5 heteroatoms. The molecule has 0 amide bonds. The number of esters is 2. The van der Waals surface area contributed by atoms with Gasteiger partial charge in [0.05, 0.1) is 17.7 Å². The lowest BCUT2D eigenvalue weighted by molar-refractivity contribution is 0.0712. The SMILES string of the molecule is CCOc1cc(OC(=O)c2ccc(C)cc2)c(C)c(C)c1OC(=O)c1ccc(C)cc1. The van der Waals surface area contributed by atoms with E-state index in [0.717, 1.165) is 11.1 Å². The van der Waals surface area contributed by atoms with Gasteiger partial charge in [0.1, 0.15) is 5.75 Å². The number of carbonyl (C=O) groups excluding carboxylic acids is 2. The molecule has 0 unspecified atom stereocenters. The summed E-state index contributed by atoms with van der Waals surface area (Å²) in [5, 5.41) is 0. The summed E-state index contributed by atoms with van der Waals surface area (Å²) >= 11 is 0. The van der Waals surface area contributed by atoms with Crippen molar-refractivity contribution in [2.45, 2.75) is 34.6 Å². The van der Waals surface area contributed by atoms with Gasteiger partial charge < -0.3 is 14.2 Å². The van der Waals surface area contributed by atoms with E-state index >= 15 is 0 Å². The second kappa shape index (κ2) is 9.47. The van der Waals surface area contributed by atoms with Gasteiger partial charge in [0, 0.05) is 11.6 Å². The van der Waals surface area contributed by atoms with E-state index in [2.05, 4.69) is 0 Å². The van der Waals surface area contributed by atoms with Crippen LogP contribution in [-0.2, 0) is 0 Å². The lowest BCUT2D eigenvalue weighted by Crippen LogP contribution is -2.13. The summed E-state index contributed by atoms with van der Waals surface area (Å²) in [6.07, 6.45) is 0. The molecule has 0 saturated carbocycles. The van der Waals surface area contributed by atoms with Gasteiger partial charge in [-0.25, -0.2) is 9.59 Å². The number of hydrogen-bond acceptors (Lipinski definition) is 5. The quantitative estimate of drug-likeness (QED) is 0.376. The fourth-order valence-electron chi connectivity index (χ4n) is 3.02. The zero-order valence-electron chi connectivity index (χ0n) is 18.4.